The van der Waals surface area contributed by atoms with Gasteiger partial charge in [0, 0.05) is 6.54 Å². The highest BCUT2D eigenvalue weighted by Gasteiger charge is 2.15. The minimum absolute atomic E-state index is 0.0548. The van der Waals surface area contributed by atoms with Gasteiger partial charge in [-0.2, -0.15) is 0 Å². The summed E-state index contributed by atoms with van der Waals surface area (Å²) in [5, 5.41) is 17.6. The molecule has 0 aliphatic carbocycles. The molecule has 0 radical (unpaired) electrons. The van der Waals surface area contributed by atoms with E-state index in [1.165, 1.54) is 4.90 Å². The number of aromatic nitrogens is 2. The number of imidazole rings is 1. The van der Waals surface area contributed by atoms with E-state index in [4.69, 9.17) is 10.1 Å². The lowest BCUT2D eigenvalue weighted by Gasteiger charge is -2.23. The topological polar surface area (TPSA) is 67.6 Å². The monoisotopic (exact) mass is 291 g/mol. The van der Waals surface area contributed by atoms with Crippen LogP contribution in [0.2, 0.25) is 0 Å². The van der Waals surface area contributed by atoms with Gasteiger partial charge in [-0.3, -0.25) is 5.41 Å². The number of benzene rings is 1. The minimum Gasteiger partial charge on any atom is -0.395 e. The fraction of sp³-hybridized carbons (Fsp3) is 0.533. The van der Waals surface area contributed by atoms with Crippen molar-refractivity contribution in [1.29, 1.82) is 5.41 Å². The third-order valence-corrected chi connectivity index (χ3v) is 4.19. The summed E-state index contributed by atoms with van der Waals surface area (Å²) in [6.45, 7) is 6.11. The smallest absolute Gasteiger partial charge is 0.203 e. The summed E-state index contributed by atoms with van der Waals surface area (Å²) < 4.78 is 9.31. The van der Waals surface area contributed by atoms with Gasteiger partial charge >= 0.3 is 0 Å². The van der Waals surface area contributed by atoms with Crippen molar-refractivity contribution in [3.05, 3.63) is 29.9 Å². The number of hydrogen-bond donors (Lipinski definition) is 3. The first-order chi connectivity index (χ1) is 10.3. The zero-order valence-corrected chi connectivity index (χ0v) is 12.2. The summed E-state index contributed by atoms with van der Waals surface area (Å²) in [4.78, 5) is 1.53. The molecule has 1 aromatic carbocycles. The largest absolute Gasteiger partial charge is 0.395 e. The number of quaternary nitrogens is 1. The first kappa shape index (κ1) is 14.3. The molecule has 0 saturated carbocycles. The van der Waals surface area contributed by atoms with E-state index in [0.29, 0.717) is 12.2 Å². The highest BCUT2D eigenvalue weighted by atomic mass is 16.5. The van der Waals surface area contributed by atoms with Crippen LogP contribution in [-0.4, -0.2) is 53.7 Å². The van der Waals surface area contributed by atoms with Gasteiger partial charge in [-0.05, 0) is 12.1 Å². The maximum Gasteiger partial charge on any atom is 0.203 e. The lowest BCUT2D eigenvalue weighted by molar-refractivity contribution is -0.908. The molecule has 2 heterocycles. The maximum atomic E-state index is 9.22. The number of hydrogen-bond acceptors (Lipinski definition) is 3. The summed E-state index contributed by atoms with van der Waals surface area (Å²) in [6, 6.07) is 8.05. The Morgan fingerprint density at radius 2 is 1.71 bits per heavy atom. The molecule has 3 rings (SSSR count). The molecule has 3 N–H and O–H groups in total. The zero-order chi connectivity index (χ0) is 14.7. The van der Waals surface area contributed by atoms with Crippen LogP contribution >= 0.6 is 0 Å². The molecule has 1 saturated heterocycles. The number of nitrogens with zero attached hydrogens (tertiary/aromatic N) is 2. The summed E-state index contributed by atoms with van der Waals surface area (Å²) in [7, 11) is 0. The van der Waals surface area contributed by atoms with Gasteiger partial charge in [0.25, 0.3) is 0 Å². The van der Waals surface area contributed by atoms with E-state index in [1.54, 1.807) is 0 Å². The first-order valence-corrected chi connectivity index (χ1v) is 7.56. The fourth-order valence-corrected chi connectivity index (χ4v) is 3.03. The molecule has 1 aliphatic rings. The lowest BCUT2D eigenvalue weighted by atomic mass is 10.3. The molecule has 0 bridgehead atoms. The van der Waals surface area contributed by atoms with Crippen LogP contribution in [0, 0.1) is 5.41 Å². The summed E-state index contributed by atoms with van der Waals surface area (Å²) in [6.07, 6.45) is 0. The van der Waals surface area contributed by atoms with Gasteiger partial charge in [-0.1, -0.05) is 12.1 Å². The molecular formula is C15H23N4O2+. The number of para-hydroxylation sites is 2. The van der Waals surface area contributed by atoms with Crippen LogP contribution in [0.1, 0.15) is 0 Å². The molecule has 21 heavy (non-hydrogen) atoms. The van der Waals surface area contributed by atoms with Crippen molar-refractivity contribution < 1.29 is 14.7 Å². The molecule has 0 atom stereocenters. The first-order valence-electron chi connectivity index (χ1n) is 7.56. The second-order valence-electron chi connectivity index (χ2n) is 5.45. The van der Waals surface area contributed by atoms with E-state index in [2.05, 4.69) is 6.07 Å². The van der Waals surface area contributed by atoms with Gasteiger partial charge in [0.2, 0.25) is 5.62 Å². The molecule has 114 valence electrons. The van der Waals surface area contributed by atoms with Gasteiger partial charge in [-0.15, -0.1) is 0 Å². The van der Waals surface area contributed by atoms with Crippen LogP contribution in [0.25, 0.3) is 11.0 Å². The molecule has 1 fully saturated rings. The molecule has 1 aromatic heterocycles. The van der Waals surface area contributed by atoms with Crippen LogP contribution in [-0.2, 0) is 17.8 Å². The summed E-state index contributed by atoms with van der Waals surface area (Å²) in [5.74, 6) is 0. The Kier molecular flexibility index (Phi) is 4.38. The average Bonchev–Trinajstić information content (AvgIpc) is 2.79. The van der Waals surface area contributed by atoms with Crippen LogP contribution in [0.5, 0.6) is 0 Å². The van der Waals surface area contributed by atoms with Crippen molar-refractivity contribution in [3.8, 4) is 0 Å². The second-order valence-corrected chi connectivity index (χ2v) is 5.45. The Hall–Kier alpha value is -1.63. The van der Waals surface area contributed by atoms with Crippen molar-refractivity contribution >= 4 is 11.0 Å². The molecule has 2 aromatic rings. The molecule has 0 spiro atoms. The molecular weight excluding hydrogens is 268 g/mol. The zero-order valence-electron chi connectivity index (χ0n) is 12.2. The third kappa shape index (κ3) is 2.88. The summed E-state index contributed by atoms with van der Waals surface area (Å²) >= 11 is 0. The Morgan fingerprint density at radius 1 is 1.10 bits per heavy atom. The Bertz CT molecular complexity index is 655. The SMILES string of the molecule is N=c1n(CCO)c2ccccc2n1CC[NH+]1CCOCC1. The molecule has 6 nitrogen and oxygen atoms in total. The van der Waals surface area contributed by atoms with Crippen molar-refractivity contribution in [2.45, 2.75) is 13.1 Å². The van der Waals surface area contributed by atoms with E-state index >= 15 is 0 Å². The van der Waals surface area contributed by atoms with E-state index in [9.17, 15) is 5.11 Å². The van der Waals surface area contributed by atoms with Gasteiger partial charge in [0.1, 0.15) is 13.1 Å². The Balaban J connectivity index is 1.87. The van der Waals surface area contributed by atoms with Crippen molar-refractivity contribution in [2.75, 3.05) is 39.5 Å². The van der Waals surface area contributed by atoms with Gasteiger partial charge in [-0.25, -0.2) is 0 Å². The van der Waals surface area contributed by atoms with Gasteiger partial charge in [0.05, 0.1) is 43.9 Å². The highest BCUT2D eigenvalue weighted by molar-refractivity contribution is 5.75. The number of ether oxygens (including phenoxy) is 1. The molecule has 1 aliphatic heterocycles. The van der Waals surface area contributed by atoms with Crippen molar-refractivity contribution in [3.63, 3.8) is 0 Å². The average molecular weight is 291 g/mol. The van der Waals surface area contributed by atoms with Crippen molar-refractivity contribution in [2.24, 2.45) is 0 Å². The van der Waals surface area contributed by atoms with E-state index in [0.717, 1.165) is 50.4 Å². The number of aliphatic hydroxyl groups excluding tert-OH is 1. The van der Waals surface area contributed by atoms with Crippen LogP contribution in [0.15, 0.2) is 24.3 Å². The predicted octanol–water partition coefficient (Wildman–Crippen LogP) is -1.17. The number of aliphatic hydroxyl groups is 1. The van der Waals surface area contributed by atoms with Gasteiger partial charge < -0.3 is 23.9 Å². The standard InChI is InChI=1S/C15H22N4O2/c16-15-18(6-5-17-8-11-21-12-9-17)13-3-1-2-4-14(13)19(15)7-10-20/h1-4,16,20H,5-12H2/p+1. The normalized spacial score (nSPS) is 16.6. The van der Waals surface area contributed by atoms with E-state index in [-0.39, 0.29) is 6.61 Å². The molecule has 0 amide bonds. The predicted molar refractivity (Wildman–Crippen MR) is 79.3 cm³/mol. The summed E-state index contributed by atoms with van der Waals surface area (Å²) in [5.41, 5.74) is 2.56. The van der Waals surface area contributed by atoms with Crippen LogP contribution < -0.4 is 10.5 Å². The number of fused-ring (bicyclic) bond motifs is 1. The Morgan fingerprint density at radius 3 is 2.33 bits per heavy atom. The number of rotatable bonds is 5. The minimum atomic E-state index is 0.0548. The highest BCUT2D eigenvalue weighted by Crippen LogP contribution is 2.12. The third-order valence-electron chi connectivity index (χ3n) is 4.19. The van der Waals surface area contributed by atoms with E-state index < -0.39 is 0 Å². The maximum absolute atomic E-state index is 9.22. The fourth-order valence-electron chi connectivity index (χ4n) is 3.03. The molecule has 6 heteroatoms. The molecule has 0 unspecified atom stereocenters. The van der Waals surface area contributed by atoms with Crippen LogP contribution in [0.4, 0.5) is 0 Å². The number of morpholine rings is 1. The van der Waals surface area contributed by atoms with Crippen LogP contribution in [0.3, 0.4) is 0 Å². The number of nitrogens with one attached hydrogen (secondary N) is 2. The lowest BCUT2D eigenvalue weighted by Crippen LogP contribution is -3.14. The van der Waals surface area contributed by atoms with Gasteiger partial charge in [0.15, 0.2) is 0 Å². The second kappa shape index (κ2) is 6.43. The quantitative estimate of drug-likeness (QED) is 0.650. The van der Waals surface area contributed by atoms with Crippen molar-refractivity contribution in [1.82, 2.24) is 9.13 Å². The Labute approximate surface area is 123 Å². The van der Waals surface area contributed by atoms with E-state index in [1.807, 2.05) is 27.3 Å².